The van der Waals surface area contributed by atoms with Gasteiger partial charge in [-0.15, -0.1) is 0 Å². The zero-order chi connectivity index (χ0) is 15.6. The molecule has 1 aliphatic rings. The SMILES string of the molecule is O=C1NN=C(Nc2ccccc2)C1=Cc1c[nH]c2ccccc12. The van der Waals surface area contributed by atoms with Gasteiger partial charge in [0.2, 0.25) is 0 Å². The van der Waals surface area contributed by atoms with Gasteiger partial charge in [-0.2, -0.15) is 5.10 Å². The van der Waals surface area contributed by atoms with E-state index in [0.717, 1.165) is 22.2 Å². The van der Waals surface area contributed by atoms with E-state index in [9.17, 15) is 4.79 Å². The molecule has 3 aromatic rings. The minimum atomic E-state index is -0.214. The summed E-state index contributed by atoms with van der Waals surface area (Å²) in [6, 6.07) is 17.6. The minimum absolute atomic E-state index is 0.214. The highest BCUT2D eigenvalue weighted by molar-refractivity contribution is 6.30. The fraction of sp³-hybridized carbons (Fsp3) is 0. The van der Waals surface area contributed by atoms with Gasteiger partial charge in [-0.1, -0.05) is 36.4 Å². The van der Waals surface area contributed by atoms with Crippen molar-refractivity contribution < 1.29 is 4.79 Å². The molecule has 0 fully saturated rings. The lowest BCUT2D eigenvalue weighted by Gasteiger charge is -2.05. The Morgan fingerprint density at radius 2 is 1.78 bits per heavy atom. The number of hydrogen-bond acceptors (Lipinski definition) is 3. The van der Waals surface area contributed by atoms with E-state index in [1.54, 1.807) is 0 Å². The number of nitrogens with one attached hydrogen (secondary N) is 3. The van der Waals surface area contributed by atoms with Crippen molar-refractivity contribution in [2.45, 2.75) is 0 Å². The lowest BCUT2D eigenvalue weighted by atomic mass is 10.1. The van der Waals surface area contributed by atoms with Crippen molar-refractivity contribution in [2.24, 2.45) is 5.10 Å². The largest absolute Gasteiger partial charge is 0.361 e. The van der Waals surface area contributed by atoms with Gasteiger partial charge in [-0.25, -0.2) is 5.43 Å². The molecule has 0 spiro atoms. The maximum absolute atomic E-state index is 12.1. The number of hydrazone groups is 1. The maximum Gasteiger partial charge on any atom is 0.275 e. The van der Waals surface area contributed by atoms with Gasteiger partial charge in [0.05, 0.1) is 5.57 Å². The summed E-state index contributed by atoms with van der Waals surface area (Å²) in [5.41, 5.74) is 5.89. The van der Waals surface area contributed by atoms with Crippen molar-refractivity contribution in [1.82, 2.24) is 10.4 Å². The van der Waals surface area contributed by atoms with Gasteiger partial charge in [0.15, 0.2) is 5.84 Å². The standard InChI is InChI=1S/C18H14N4O/c23-18-15(10-12-11-19-16-9-5-4-8-14(12)16)17(21-22-18)20-13-6-2-1-3-7-13/h1-11,19H,(H,20,21)(H,22,23). The van der Waals surface area contributed by atoms with Gasteiger partial charge in [-0.3, -0.25) is 4.79 Å². The van der Waals surface area contributed by atoms with Crippen molar-refractivity contribution >= 4 is 34.4 Å². The molecule has 5 heteroatoms. The smallest absolute Gasteiger partial charge is 0.275 e. The first-order valence-electron chi connectivity index (χ1n) is 7.29. The zero-order valence-corrected chi connectivity index (χ0v) is 12.2. The number of aromatic nitrogens is 1. The monoisotopic (exact) mass is 302 g/mol. The van der Waals surface area contributed by atoms with Crippen molar-refractivity contribution in [1.29, 1.82) is 0 Å². The van der Waals surface area contributed by atoms with Crippen LogP contribution in [-0.2, 0) is 4.79 Å². The summed E-state index contributed by atoms with van der Waals surface area (Å²) in [7, 11) is 0. The molecule has 3 N–H and O–H groups in total. The number of aromatic amines is 1. The van der Waals surface area contributed by atoms with E-state index in [4.69, 9.17) is 0 Å². The number of hydrogen-bond donors (Lipinski definition) is 3. The Kier molecular flexibility index (Phi) is 3.16. The fourth-order valence-electron chi connectivity index (χ4n) is 2.59. The van der Waals surface area contributed by atoms with E-state index in [0.29, 0.717) is 11.4 Å². The number of H-pyrrole nitrogens is 1. The minimum Gasteiger partial charge on any atom is -0.361 e. The van der Waals surface area contributed by atoms with Crippen LogP contribution in [0.2, 0.25) is 0 Å². The summed E-state index contributed by atoms with van der Waals surface area (Å²) in [4.78, 5) is 15.3. The van der Waals surface area contributed by atoms with Gasteiger partial charge in [0, 0.05) is 28.4 Å². The van der Waals surface area contributed by atoms with E-state index >= 15 is 0 Å². The van der Waals surface area contributed by atoms with Crippen LogP contribution in [0.3, 0.4) is 0 Å². The molecule has 0 aliphatic carbocycles. The highest BCUT2D eigenvalue weighted by Gasteiger charge is 2.23. The summed E-state index contributed by atoms with van der Waals surface area (Å²) in [5, 5.41) is 8.32. The second-order valence-corrected chi connectivity index (χ2v) is 5.24. The molecule has 0 saturated heterocycles. The molecule has 0 radical (unpaired) electrons. The molecule has 5 nitrogen and oxygen atoms in total. The molecule has 23 heavy (non-hydrogen) atoms. The van der Waals surface area contributed by atoms with E-state index in [-0.39, 0.29) is 5.91 Å². The van der Waals surface area contributed by atoms with Crippen LogP contribution in [-0.4, -0.2) is 16.7 Å². The van der Waals surface area contributed by atoms with E-state index in [1.807, 2.05) is 66.9 Å². The van der Waals surface area contributed by atoms with Crippen molar-refractivity contribution in [2.75, 3.05) is 5.32 Å². The number of amidine groups is 1. The fourth-order valence-corrected chi connectivity index (χ4v) is 2.59. The number of carbonyl (C=O) groups is 1. The number of fused-ring (bicyclic) bond motifs is 1. The maximum atomic E-state index is 12.1. The van der Waals surface area contributed by atoms with Crippen LogP contribution >= 0.6 is 0 Å². The second-order valence-electron chi connectivity index (χ2n) is 5.24. The van der Waals surface area contributed by atoms with Crippen molar-refractivity contribution in [3.63, 3.8) is 0 Å². The first kappa shape index (κ1) is 13.3. The van der Waals surface area contributed by atoms with Crippen molar-refractivity contribution in [3.05, 3.63) is 71.9 Å². The van der Waals surface area contributed by atoms with Crippen LogP contribution in [0.25, 0.3) is 17.0 Å². The molecule has 0 saturated carbocycles. The summed E-state index contributed by atoms with van der Waals surface area (Å²) in [6.45, 7) is 0. The van der Waals surface area contributed by atoms with Gasteiger partial charge >= 0.3 is 0 Å². The number of nitrogens with zero attached hydrogens (tertiary/aromatic N) is 1. The molecule has 0 atom stereocenters. The first-order chi connectivity index (χ1) is 11.3. The van der Waals surface area contributed by atoms with E-state index in [1.165, 1.54) is 0 Å². The number of amides is 1. The second kappa shape index (κ2) is 5.46. The number of para-hydroxylation sites is 2. The highest BCUT2D eigenvalue weighted by atomic mass is 16.2. The van der Waals surface area contributed by atoms with Gasteiger partial charge < -0.3 is 10.3 Å². The summed E-state index contributed by atoms with van der Waals surface area (Å²) in [5.74, 6) is 0.306. The Labute approximate surface area is 132 Å². The van der Waals surface area contributed by atoms with Gasteiger partial charge in [0.25, 0.3) is 5.91 Å². The predicted molar refractivity (Wildman–Crippen MR) is 91.9 cm³/mol. The summed E-state index contributed by atoms with van der Waals surface area (Å²) < 4.78 is 0. The lowest BCUT2D eigenvalue weighted by Crippen LogP contribution is -2.16. The molecule has 4 rings (SSSR count). The molecule has 1 amide bonds. The molecular weight excluding hydrogens is 288 g/mol. The molecular formula is C18H14N4O. The Hall–Kier alpha value is -3.34. The van der Waals surface area contributed by atoms with E-state index < -0.39 is 0 Å². The number of benzene rings is 2. The normalized spacial score (nSPS) is 15.7. The van der Waals surface area contributed by atoms with Crippen LogP contribution in [0.15, 0.2) is 71.5 Å². The highest BCUT2D eigenvalue weighted by Crippen LogP contribution is 2.22. The van der Waals surface area contributed by atoms with E-state index in [2.05, 4.69) is 20.8 Å². The number of rotatable bonds is 2. The number of carbonyl (C=O) groups excluding carboxylic acids is 1. The molecule has 2 aromatic carbocycles. The van der Waals surface area contributed by atoms with Gasteiger partial charge in [-0.05, 0) is 24.3 Å². The van der Waals surface area contributed by atoms with Crippen LogP contribution in [0.4, 0.5) is 5.69 Å². The Bertz CT molecular complexity index is 938. The summed E-state index contributed by atoms with van der Waals surface area (Å²) in [6.07, 6.45) is 3.74. The predicted octanol–water partition coefficient (Wildman–Crippen LogP) is 3.11. The van der Waals surface area contributed by atoms with Crippen LogP contribution in [0, 0.1) is 0 Å². The topological polar surface area (TPSA) is 69.3 Å². The molecule has 0 unspecified atom stereocenters. The Morgan fingerprint density at radius 1 is 1.00 bits per heavy atom. The molecule has 2 heterocycles. The molecule has 1 aliphatic heterocycles. The third-order valence-corrected chi connectivity index (χ3v) is 3.73. The zero-order valence-electron chi connectivity index (χ0n) is 12.2. The quantitative estimate of drug-likeness (QED) is 0.637. The van der Waals surface area contributed by atoms with Crippen LogP contribution in [0.1, 0.15) is 5.56 Å². The molecule has 1 aromatic heterocycles. The first-order valence-corrected chi connectivity index (χ1v) is 7.29. The Morgan fingerprint density at radius 3 is 2.65 bits per heavy atom. The third kappa shape index (κ3) is 2.48. The van der Waals surface area contributed by atoms with Gasteiger partial charge in [0.1, 0.15) is 0 Å². The average Bonchev–Trinajstić information content (AvgIpc) is 3.15. The third-order valence-electron chi connectivity index (χ3n) is 3.73. The number of anilines is 1. The van der Waals surface area contributed by atoms with Crippen molar-refractivity contribution in [3.8, 4) is 0 Å². The average molecular weight is 302 g/mol. The Balaban J connectivity index is 1.71. The van der Waals surface area contributed by atoms with Crippen LogP contribution < -0.4 is 10.7 Å². The molecule has 0 bridgehead atoms. The summed E-state index contributed by atoms with van der Waals surface area (Å²) >= 11 is 0. The van der Waals surface area contributed by atoms with Crippen LogP contribution in [0.5, 0.6) is 0 Å². The lowest BCUT2D eigenvalue weighted by molar-refractivity contribution is -0.116. The molecule has 112 valence electrons.